The van der Waals surface area contributed by atoms with E-state index in [9.17, 15) is 24.0 Å². The summed E-state index contributed by atoms with van der Waals surface area (Å²) in [7, 11) is 1.84. The number of fused-ring (bicyclic) bond motifs is 1. The fourth-order valence-electron chi connectivity index (χ4n) is 7.37. The number of amides is 5. The number of benzene rings is 3. The second kappa shape index (κ2) is 24.5. The van der Waals surface area contributed by atoms with Gasteiger partial charge in [0.05, 0.1) is 34.4 Å². The molecule has 0 spiro atoms. The fraction of sp³-hybridized carbons (Fsp3) is 0.354. The summed E-state index contributed by atoms with van der Waals surface area (Å²) in [6, 6.07) is 19.3. The number of anilines is 2. The summed E-state index contributed by atoms with van der Waals surface area (Å²) in [6.45, 7) is 9.98. The van der Waals surface area contributed by atoms with Gasteiger partial charge in [-0.05, 0) is 101 Å². The van der Waals surface area contributed by atoms with Crippen LogP contribution in [-0.4, -0.2) is 87.8 Å². The summed E-state index contributed by atoms with van der Waals surface area (Å²) in [5.74, 6) is -1.67. The van der Waals surface area contributed by atoms with Crippen molar-refractivity contribution in [1.29, 1.82) is 5.41 Å². The molecule has 354 valence electrons. The lowest BCUT2D eigenvalue weighted by Crippen LogP contribution is -2.32. The van der Waals surface area contributed by atoms with Crippen molar-refractivity contribution in [2.45, 2.75) is 85.9 Å². The van der Waals surface area contributed by atoms with Gasteiger partial charge in [-0.2, -0.15) is 5.10 Å². The Morgan fingerprint density at radius 2 is 1.63 bits per heavy atom. The van der Waals surface area contributed by atoms with Crippen LogP contribution in [0, 0.1) is 12.3 Å². The average molecular weight is 916 g/mol. The van der Waals surface area contributed by atoms with E-state index in [1.54, 1.807) is 41.9 Å². The summed E-state index contributed by atoms with van der Waals surface area (Å²) in [5.41, 5.74) is 17.3. The highest BCUT2D eigenvalue weighted by Crippen LogP contribution is 2.29. The molecule has 0 saturated carbocycles. The Morgan fingerprint density at radius 1 is 0.910 bits per heavy atom. The van der Waals surface area contributed by atoms with Crippen molar-refractivity contribution < 1.29 is 28.7 Å². The Kier molecular flexibility index (Phi) is 18.3. The van der Waals surface area contributed by atoms with Crippen LogP contribution in [0.3, 0.4) is 0 Å². The number of rotatable bonds is 25. The minimum Gasteiger partial charge on any atom is -0.445 e. The molecule has 0 fully saturated rings. The molecule has 0 saturated heterocycles. The highest BCUT2D eigenvalue weighted by Gasteiger charge is 2.24. The third kappa shape index (κ3) is 14.1. The van der Waals surface area contributed by atoms with E-state index in [1.807, 2.05) is 67.6 Å². The Bertz CT molecular complexity index is 2630. The van der Waals surface area contributed by atoms with E-state index in [4.69, 9.17) is 21.6 Å². The lowest BCUT2D eigenvalue weighted by molar-refractivity contribution is -0.116. The van der Waals surface area contributed by atoms with E-state index < -0.39 is 23.8 Å². The van der Waals surface area contributed by atoms with Crippen LogP contribution in [0.1, 0.15) is 101 Å². The average Bonchev–Trinajstić information content (AvgIpc) is 3.82. The number of alkyl carbamates (subject to hydrolysis) is 1. The topological polar surface area (TPSA) is 270 Å². The minimum absolute atomic E-state index is 0.168. The molecule has 0 bridgehead atoms. The van der Waals surface area contributed by atoms with E-state index in [-0.39, 0.29) is 29.5 Å². The quantitative estimate of drug-likeness (QED) is 0.0158. The van der Waals surface area contributed by atoms with Crippen LogP contribution >= 0.6 is 0 Å². The van der Waals surface area contributed by atoms with E-state index in [0.717, 1.165) is 41.6 Å². The van der Waals surface area contributed by atoms with Crippen molar-refractivity contribution in [3.05, 3.63) is 112 Å². The molecule has 3 aromatic carbocycles. The number of unbranched alkanes of at least 4 members (excludes halogenated alkanes) is 2. The lowest BCUT2D eigenvalue weighted by Gasteiger charge is -2.21. The third-order valence-corrected chi connectivity index (χ3v) is 10.7. The van der Waals surface area contributed by atoms with Crippen LogP contribution in [0.2, 0.25) is 0 Å². The maximum Gasteiger partial charge on any atom is 0.407 e. The van der Waals surface area contributed by atoms with Crippen LogP contribution in [0.4, 0.5) is 22.1 Å². The number of nitrogens with two attached hydrogens (primary N) is 2. The van der Waals surface area contributed by atoms with Gasteiger partial charge in [0.15, 0.2) is 0 Å². The number of carbonyl (C=O) groups is 5. The maximum atomic E-state index is 13.9. The number of aliphatic imine (C=N–C) groups is 1. The van der Waals surface area contributed by atoms with E-state index in [0.29, 0.717) is 86.1 Å². The van der Waals surface area contributed by atoms with Crippen molar-refractivity contribution in [2.75, 3.05) is 36.9 Å². The Hall–Kier alpha value is -7.83. The van der Waals surface area contributed by atoms with Crippen molar-refractivity contribution >= 4 is 70.1 Å². The highest BCUT2D eigenvalue weighted by atomic mass is 16.5. The standard InChI is InChI=1S/C48H61N13O6/c1-6-24-60-41-21-19-35(44(51)63)28-38(41)56-47(60)57-46(65)42-36(32(4)58-61(42)7-2)17-12-9-13-22-52-39(26-31(3)49)45(64)55-30-54-37-27-34(43(50)62)18-20-40(37)59(5)25-14-23-53-48(66)67-29-33-15-10-8-11-16-33/h8,10-11,15-16,18-21,26-28,30,49,52H,6-7,9,12-14,17,22-25,29H2,1-5H3,(H2,50,62)(H2,51,63)(H,53,66)(H,54,55,64)(H,56,57,65)/b39-26-,49-31?. The monoisotopic (exact) mass is 915 g/mol. The molecular weight excluding hydrogens is 855 g/mol. The lowest BCUT2D eigenvalue weighted by atomic mass is 10.0. The first-order valence-electron chi connectivity index (χ1n) is 22.3. The van der Waals surface area contributed by atoms with Crippen LogP contribution in [0.15, 0.2) is 83.5 Å². The second-order valence-corrected chi connectivity index (χ2v) is 15.9. The first kappa shape index (κ1) is 50.2. The van der Waals surface area contributed by atoms with E-state index in [2.05, 4.69) is 36.3 Å². The van der Waals surface area contributed by atoms with Crippen molar-refractivity contribution in [3.8, 4) is 0 Å². The molecule has 67 heavy (non-hydrogen) atoms. The molecule has 0 aliphatic rings. The van der Waals surface area contributed by atoms with Crippen molar-refractivity contribution in [2.24, 2.45) is 16.5 Å². The van der Waals surface area contributed by atoms with Gasteiger partial charge in [0.25, 0.3) is 11.8 Å². The number of allylic oxidation sites excluding steroid dienone is 1. The number of primary amides is 2. The first-order valence-corrected chi connectivity index (χ1v) is 22.3. The number of nitrogens with one attached hydrogen (secondary N) is 5. The molecule has 2 heterocycles. The number of ether oxygens (including phenoxy) is 1. The molecule has 0 atom stereocenters. The number of nitrogens with zero attached hydrogens (tertiary/aromatic N) is 6. The molecule has 5 aromatic rings. The van der Waals surface area contributed by atoms with Crippen molar-refractivity contribution in [1.82, 2.24) is 35.3 Å². The van der Waals surface area contributed by atoms with Crippen molar-refractivity contribution in [3.63, 3.8) is 0 Å². The molecule has 0 radical (unpaired) electrons. The normalized spacial score (nSPS) is 11.4. The largest absolute Gasteiger partial charge is 0.445 e. The van der Waals surface area contributed by atoms with Crippen LogP contribution in [0.5, 0.6) is 0 Å². The zero-order valence-electron chi connectivity index (χ0n) is 38.8. The number of hydrogen-bond acceptors (Lipinski definition) is 12. The number of hydrogen-bond donors (Lipinski definition) is 7. The molecule has 0 aliphatic carbocycles. The Labute approximate surface area is 389 Å². The Balaban J connectivity index is 1.14. The maximum absolute atomic E-state index is 13.9. The Morgan fingerprint density at radius 3 is 2.33 bits per heavy atom. The first-order chi connectivity index (χ1) is 32.2. The molecule has 9 N–H and O–H groups in total. The molecule has 5 rings (SSSR count). The molecule has 19 nitrogen and oxygen atoms in total. The van der Waals surface area contributed by atoms with Gasteiger partial charge in [-0.15, -0.1) is 0 Å². The fourth-order valence-corrected chi connectivity index (χ4v) is 7.37. The van der Waals surface area contributed by atoms with Gasteiger partial charge in [0.2, 0.25) is 17.8 Å². The van der Waals surface area contributed by atoms with Gasteiger partial charge in [-0.1, -0.05) is 43.7 Å². The van der Waals surface area contributed by atoms with Gasteiger partial charge in [0, 0.05) is 62.2 Å². The van der Waals surface area contributed by atoms with Gasteiger partial charge in [-0.3, -0.25) is 29.2 Å². The molecule has 0 aliphatic heterocycles. The number of aryl methyl sites for hydroxylation is 3. The summed E-state index contributed by atoms with van der Waals surface area (Å²) in [5, 5.41) is 24.2. The number of carbonyl (C=O) groups excluding carboxylic acids is 5. The van der Waals surface area contributed by atoms with E-state index in [1.165, 1.54) is 18.5 Å². The summed E-state index contributed by atoms with van der Waals surface area (Å²) >= 11 is 0. The van der Waals surface area contributed by atoms with Gasteiger partial charge < -0.3 is 47.0 Å². The summed E-state index contributed by atoms with van der Waals surface area (Å²) in [4.78, 5) is 74.3. The highest BCUT2D eigenvalue weighted by molar-refractivity contribution is 6.06. The smallest absolute Gasteiger partial charge is 0.407 e. The molecular formula is C48H61N13O6. The summed E-state index contributed by atoms with van der Waals surface area (Å²) < 4.78 is 8.89. The molecule has 5 amide bonds. The van der Waals surface area contributed by atoms with Gasteiger partial charge >= 0.3 is 6.09 Å². The SMILES string of the molecule is CCCn1c(NC(=O)c2c(CCCCCN/C(=C\C(C)=N)C(=O)N/C=N/c3cc(C(N)=O)ccc3N(C)CCCNC(=O)OCc3ccccc3)c(C)nn2CC)nc2cc(C(N)=O)ccc21. The zero-order valence-corrected chi connectivity index (χ0v) is 38.8. The van der Waals surface area contributed by atoms with Gasteiger partial charge in [0.1, 0.15) is 18.0 Å². The van der Waals surface area contributed by atoms with Crippen LogP contribution in [0.25, 0.3) is 11.0 Å². The molecule has 19 heteroatoms. The third-order valence-electron chi connectivity index (χ3n) is 10.7. The van der Waals surface area contributed by atoms with Gasteiger partial charge in [-0.25, -0.2) is 14.8 Å². The van der Waals surface area contributed by atoms with Crippen LogP contribution in [-0.2, 0) is 35.6 Å². The predicted octanol–water partition coefficient (Wildman–Crippen LogP) is 5.88. The number of aromatic nitrogens is 4. The molecule has 0 unspecified atom stereocenters. The summed E-state index contributed by atoms with van der Waals surface area (Å²) in [6.07, 6.45) is 6.29. The van der Waals surface area contributed by atoms with Crippen LogP contribution < -0.4 is 37.6 Å². The minimum atomic E-state index is -0.635. The molecule has 2 aromatic heterocycles. The second-order valence-electron chi connectivity index (χ2n) is 15.9. The zero-order chi connectivity index (χ0) is 48.5. The number of imidazole rings is 1. The van der Waals surface area contributed by atoms with E-state index >= 15 is 0 Å². The predicted molar refractivity (Wildman–Crippen MR) is 260 cm³/mol.